The largest absolute Gasteiger partial charge is 0.492 e. The van der Waals surface area contributed by atoms with Gasteiger partial charge in [-0.15, -0.1) is 0 Å². The third kappa shape index (κ3) is 3.88. The van der Waals surface area contributed by atoms with E-state index in [1.165, 1.54) is 0 Å². The van der Waals surface area contributed by atoms with Crippen molar-refractivity contribution in [2.75, 3.05) is 33.5 Å². The molecule has 34 heavy (non-hydrogen) atoms. The fourth-order valence-electron chi connectivity index (χ4n) is 5.87. The molecular weight excluding hydrogens is 436 g/mol. The van der Waals surface area contributed by atoms with Crippen LogP contribution < -0.4 is 15.4 Å². The van der Waals surface area contributed by atoms with E-state index in [0.29, 0.717) is 47.7 Å². The average molecular weight is 469 g/mol. The fraction of sp³-hybridized carbons (Fsp3) is 0.538. The highest BCUT2D eigenvalue weighted by Gasteiger charge is 2.55. The third-order valence-corrected chi connectivity index (χ3v) is 7.59. The molecule has 2 fully saturated rings. The normalized spacial score (nSPS) is 32.8. The van der Waals surface area contributed by atoms with Crippen LogP contribution in [0.15, 0.2) is 36.1 Å². The van der Waals surface area contributed by atoms with Crippen molar-refractivity contribution in [2.45, 2.75) is 38.3 Å². The first-order valence-corrected chi connectivity index (χ1v) is 11.9. The predicted octanol–water partition coefficient (Wildman–Crippen LogP) is 2.14. The van der Waals surface area contributed by atoms with Crippen molar-refractivity contribution in [3.8, 4) is 5.75 Å². The van der Waals surface area contributed by atoms with E-state index in [2.05, 4.69) is 29.7 Å². The van der Waals surface area contributed by atoms with E-state index < -0.39 is 0 Å². The van der Waals surface area contributed by atoms with Gasteiger partial charge in [-0.25, -0.2) is 0 Å². The van der Waals surface area contributed by atoms with Gasteiger partial charge in [-0.2, -0.15) is 0 Å². The molecule has 3 N–H and O–H groups in total. The van der Waals surface area contributed by atoms with Crippen LogP contribution in [0.4, 0.5) is 0 Å². The van der Waals surface area contributed by atoms with Crippen molar-refractivity contribution in [3.05, 3.63) is 52.8 Å². The quantitative estimate of drug-likeness (QED) is 0.566. The van der Waals surface area contributed by atoms with E-state index in [4.69, 9.17) is 19.3 Å². The Hall–Kier alpha value is -2.84. The van der Waals surface area contributed by atoms with Crippen LogP contribution >= 0.6 is 0 Å². The Labute approximate surface area is 199 Å². The Bertz CT molecular complexity index is 1060. The average Bonchev–Trinajstić information content (AvgIpc) is 3.15. The van der Waals surface area contributed by atoms with Crippen molar-refractivity contribution in [2.24, 2.45) is 17.3 Å². The second-order valence-corrected chi connectivity index (χ2v) is 9.92. The van der Waals surface area contributed by atoms with Crippen LogP contribution in [-0.2, 0) is 9.47 Å². The number of carbonyl (C=O) groups is 2. The lowest BCUT2D eigenvalue weighted by Gasteiger charge is -2.36. The number of aliphatic hydroxyl groups is 1. The highest BCUT2D eigenvalue weighted by molar-refractivity contribution is 6.02. The summed E-state index contributed by atoms with van der Waals surface area (Å²) >= 11 is 0. The number of rotatable bonds is 7. The van der Waals surface area contributed by atoms with Gasteiger partial charge < -0.3 is 30.0 Å². The molecule has 2 amide bonds. The first kappa shape index (κ1) is 22.9. The molecule has 1 aromatic carbocycles. The minimum absolute atomic E-state index is 0.0591. The van der Waals surface area contributed by atoms with Crippen LogP contribution in [0.3, 0.4) is 0 Å². The van der Waals surface area contributed by atoms with Gasteiger partial charge in [-0.05, 0) is 37.6 Å². The Morgan fingerprint density at radius 2 is 2.00 bits per heavy atom. The number of benzene rings is 1. The Morgan fingerprint density at radius 1 is 1.24 bits per heavy atom. The molecule has 1 saturated heterocycles. The van der Waals surface area contributed by atoms with Gasteiger partial charge >= 0.3 is 0 Å². The maximum absolute atomic E-state index is 13.2. The Kier molecular flexibility index (Phi) is 5.90. The van der Waals surface area contributed by atoms with Gasteiger partial charge in [0.1, 0.15) is 24.2 Å². The molecule has 2 aliphatic heterocycles. The van der Waals surface area contributed by atoms with Crippen molar-refractivity contribution < 1.29 is 28.9 Å². The summed E-state index contributed by atoms with van der Waals surface area (Å²) in [6, 6.07) is 3.65. The highest BCUT2D eigenvalue weighted by atomic mass is 16.5. The first-order chi connectivity index (χ1) is 16.4. The summed E-state index contributed by atoms with van der Waals surface area (Å²) in [4.78, 5) is 26.0. The minimum Gasteiger partial charge on any atom is -0.492 e. The number of fused-ring (bicyclic) bond motifs is 2. The molecule has 8 heteroatoms. The molecule has 1 saturated carbocycles. The van der Waals surface area contributed by atoms with Crippen molar-refractivity contribution in [1.82, 2.24) is 10.6 Å². The van der Waals surface area contributed by atoms with Gasteiger partial charge in [0.05, 0.1) is 25.4 Å². The maximum Gasteiger partial charge on any atom is 0.254 e. The number of ether oxygens (including phenoxy) is 3. The van der Waals surface area contributed by atoms with Crippen molar-refractivity contribution in [3.63, 3.8) is 0 Å². The van der Waals surface area contributed by atoms with E-state index in [1.54, 1.807) is 13.1 Å². The lowest BCUT2D eigenvalue weighted by atomic mass is 9.67. The fourth-order valence-corrected chi connectivity index (χ4v) is 5.87. The number of hydrogen-bond acceptors (Lipinski definition) is 6. The molecule has 2 unspecified atom stereocenters. The first-order valence-electron chi connectivity index (χ1n) is 11.9. The molecule has 0 aromatic heterocycles. The zero-order valence-electron chi connectivity index (χ0n) is 19.8. The molecule has 4 aliphatic rings. The molecule has 1 aromatic rings. The lowest BCUT2D eigenvalue weighted by molar-refractivity contribution is 0.0928. The molecule has 8 nitrogen and oxygen atoms in total. The highest BCUT2D eigenvalue weighted by Crippen LogP contribution is 2.53. The number of carbonyl (C=O) groups excluding carboxylic acids is 2. The molecule has 182 valence electrons. The summed E-state index contributed by atoms with van der Waals surface area (Å²) in [5, 5.41) is 15.0. The van der Waals surface area contributed by atoms with Crippen LogP contribution in [0.2, 0.25) is 0 Å². The molecule has 0 bridgehead atoms. The van der Waals surface area contributed by atoms with Gasteiger partial charge in [-0.1, -0.05) is 13.0 Å². The molecular formula is C26H32N2O6. The molecule has 6 atom stereocenters. The predicted molar refractivity (Wildman–Crippen MR) is 125 cm³/mol. The minimum atomic E-state index is -0.357. The number of nitrogens with one attached hydrogen (secondary N) is 2. The lowest BCUT2D eigenvalue weighted by Crippen LogP contribution is -2.32. The molecule has 0 spiro atoms. The van der Waals surface area contributed by atoms with Crippen LogP contribution in [0, 0.1) is 17.3 Å². The van der Waals surface area contributed by atoms with E-state index >= 15 is 0 Å². The summed E-state index contributed by atoms with van der Waals surface area (Å²) in [6.07, 6.45) is 6.59. The van der Waals surface area contributed by atoms with Crippen LogP contribution in [-0.4, -0.2) is 62.5 Å². The van der Waals surface area contributed by atoms with Crippen LogP contribution in [0.5, 0.6) is 5.75 Å². The van der Waals surface area contributed by atoms with Crippen molar-refractivity contribution in [1.29, 1.82) is 0 Å². The number of allylic oxidation sites excluding steroid dienone is 3. The molecule has 2 heterocycles. The molecule has 0 radical (unpaired) electrons. The van der Waals surface area contributed by atoms with Gasteiger partial charge in [0, 0.05) is 47.4 Å². The number of hydrogen-bond donors (Lipinski definition) is 3. The SMILES string of the molecule is CNC(=O)c1cc(C(=O)NC2[C@H]3COC[C@@H]23)cc2c1O[C@@H](C)[C@@H]2C1(C)C=C(OCCO)C=CC1. The van der Waals surface area contributed by atoms with Crippen LogP contribution in [0.1, 0.15) is 52.5 Å². The summed E-state index contributed by atoms with van der Waals surface area (Å²) < 4.78 is 17.4. The van der Waals surface area contributed by atoms with E-state index in [9.17, 15) is 9.59 Å². The zero-order valence-corrected chi connectivity index (χ0v) is 19.8. The van der Waals surface area contributed by atoms with E-state index in [-0.39, 0.29) is 48.5 Å². The summed E-state index contributed by atoms with van der Waals surface area (Å²) in [7, 11) is 1.57. The van der Waals surface area contributed by atoms with Gasteiger partial charge in [-0.3, -0.25) is 9.59 Å². The Morgan fingerprint density at radius 3 is 2.71 bits per heavy atom. The number of amides is 2. The monoisotopic (exact) mass is 468 g/mol. The second kappa shape index (κ2) is 8.74. The number of aliphatic hydroxyl groups excluding tert-OH is 1. The van der Waals surface area contributed by atoms with Gasteiger partial charge in [0.15, 0.2) is 0 Å². The van der Waals surface area contributed by atoms with Crippen LogP contribution in [0.25, 0.3) is 0 Å². The Balaban J connectivity index is 1.50. The molecule has 5 rings (SSSR count). The third-order valence-electron chi connectivity index (χ3n) is 7.59. The smallest absolute Gasteiger partial charge is 0.254 e. The summed E-state index contributed by atoms with van der Waals surface area (Å²) in [6.45, 7) is 5.67. The van der Waals surface area contributed by atoms with E-state index in [0.717, 1.165) is 12.0 Å². The van der Waals surface area contributed by atoms with Gasteiger partial charge in [0.25, 0.3) is 11.8 Å². The maximum atomic E-state index is 13.2. The van der Waals surface area contributed by atoms with Gasteiger partial charge in [0.2, 0.25) is 0 Å². The second-order valence-electron chi connectivity index (χ2n) is 9.92. The standard InChI is InChI=1S/C26H32N2O6/c1-14-21(26(2)6-4-5-16(11-26)33-8-7-29)17-9-15(10-18(23(17)34-14)25(31)27-3)24(30)28-22-19-12-32-13-20(19)22/h4-5,9-11,14,19-22,29H,6-8,12-13H2,1-3H3,(H,27,31)(H,28,30)/t14-,19-,20+,21-,22?,26?/m0/s1. The van der Waals surface area contributed by atoms with E-state index in [1.807, 2.05) is 19.1 Å². The summed E-state index contributed by atoms with van der Waals surface area (Å²) in [5.74, 6) is 1.46. The van der Waals surface area contributed by atoms with Crippen molar-refractivity contribution >= 4 is 11.8 Å². The molecule has 2 aliphatic carbocycles. The zero-order chi connectivity index (χ0) is 24.0. The summed E-state index contributed by atoms with van der Waals surface area (Å²) in [5.41, 5.74) is 1.33. The topological polar surface area (TPSA) is 106 Å².